The van der Waals surface area contributed by atoms with Crippen molar-refractivity contribution < 1.29 is 33.3 Å². The van der Waals surface area contributed by atoms with Gasteiger partial charge in [0.2, 0.25) is 11.8 Å². The monoisotopic (exact) mass is 610 g/mol. The second-order valence-corrected chi connectivity index (χ2v) is 13.0. The van der Waals surface area contributed by atoms with Gasteiger partial charge in [0.25, 0.3) is 0 Å². The van der Waals surface area contributed by atoms with Crippen LogP contribution in [0.15, 0.2) is 47.5 Å². The number of methoxy groups -OCH3 is 3. The van der Waals surface area contributed by atoms with E-state index in [9.17, 15) is 14.4 Å². The van der Waals surface area contributed by atoms with Gasteiger partial charge in [-0.3, -0.25) is 14.4 Å². The molecule has 3 aliphatic rings. The summed E-state index contributed by atoms with van der Waals surface area (Å²) in [4.78, 5) is 44.2. The molecule has 10 heteroatoms. The maximum atomic E-state index is 14.3. The van der Waals surface area contributed by atoms with Crippen LogP contribution in [0.25, 0.3) is 0 Å². The third kappa shape index (κ3) is 6.31. The highest BCUT2D eigenvalue weighted by atomic mass is 32.1. The number of amides is 2. The summed E-state index contributed by atoms with van der Waals surface area (Å²) in [7, 11) is 4.57. The van der Waals surface area contributed by atoms with Crippen LogP contribution < -0.4 is 14.8 Å². The maximum absolute atomic E-state index is 14.3. The minimum atomic E-state index is -1.18. The third-order valence-electron chi connectivity index (χ3n) is 8.84. The summed E-state index contributed by atoms with van der Waals surface area (Å²) >= 11 is 1.56. The van der Waals surface area contributed by atoms with Crippen molar-refractivity contribution >= 4 is 29.1 Å². The van der Waals surface area contributed by atoms with E-state index in [0.717, 1.165) is 23.3 Å². The van der Waals surface area contributed by atoms with Crippen LogP contribution in [0.4, 0.5) is 0 Å². The largest absolute Gasteiger partial charge is 0.493 e. The molecule has 1 saturated carbocycles. The molecule has 9 nitrogen and oxygen atoms in total. The summed E-state index contributed by atoms with van der Waals surface area (Å²) in [6, 6.07) is 9.59. The number of benzene rings is 1. The highest BCUT2D eigenvalue weighted by Crippen LogP contribution is 2.56. The summed E-state index contributed by atoms with van der Waals surface area (Å²) in [6.07, 6.45) is 3.85. The standard InChI is InChI=1S/C33H42N2O7S/c1-20(2)26-17-28-33(32(38)41-5,30(42-26)22-9-10-22)18-23(16-29(36)34-19-24-7-6-14-43-24)31(37)35(28)13-12-21-8-11-25(39-3)27(15-21)40-4/h6-8,11,14-15,17,20,22-23,26,30H,9-10,12-13,16,18-19H2,1-5H3,(H,34,36)/t23-,26+,30+,33+/m0/s1. The fraction of sp³-hybridized carbons (Fsp3) is 0.545. The molecule has 1 N–H and O–H groups in total. The molecule has 2 aromatic rings. The zero-order valence-electron chi connectivity index (χ0n) is 25.6. The average molecular weight is 611 g/mol. The average Bonchev–Trinajstić information content (AvgIpc) is 3.72. The van der Waals surface area contributed by atoms with Crippen molar-refractivity contribution in [3.8, 4) is 11.5 Å². The number of rotatable bonds is 12. The number of hydrogen-bond donors (Lipinski definition) is 1. The Morgan fingerprint density at radius 2 is 1.91 bits per heavy atom. The summed E-state index contributed by atoms with van der Waals surface area (Å²) in [5.41, 5.74) is 0.435. The van der Waals surface area contributed by atoms with Gasteiger partial charge in [0.05, 0.1) is 40.1 Å². The normalized spacial score (nSPS) is 25.2. The summed E-state index contributed by atoms with van der Waals surface area (Å²) < 4.78 is 23.0. The zero-order chi connectivity index (χ0) is 30.7. The molecule has 1 aromatic heterocycles. The lowest BCUT2D eigenvalue weighted by Gasteiger charge is -2.53. The van der Waals surface area contributed by atoms with Gasteiger partial charge in [0.1, 0.15) is 5.41 Å². The number of carbonyl (C=O) groups is 3. The lowest BCUT2D eigenvalue weighted by Crippen LogP contribution is -2.62. The van der Waals surface area contributed by atoms with Gasteiger partial charge < -0.3 is 29.2 Å². The highest BCUT2D eigenvalue weighted by Gasteiger charge is 2.63. The van der Waals surface area contributed by atoms with Crippen LogP contribution >= 0.6 is 11.3 Å². The summed E-state index contributed by atoms with van der Waals surface area (Å²) in [6.45, 7) is 4.89. The molecule has 4 atom stereocenters. The molecule has 0 bridgehead atoms. The van der Waals surface area contributed by atoms with Crippen LogP contribution in [0.1, 0.15) is 50.0 Å². The number of likely N-dealkylation sites (tertiary alicyclic amines) is 1. The van der Waals surface area contributed by atoms with Gasteiger partial charge in [0, 0.05) is 29.5 Å². The first kappa shape index (κ1) is 31.1. The van der Waals surface area contributed by atoms with Crippen LogP contribution in [-0.4, -0.2) is 62.8 Å². The summed E-state index contributed by atoms with van der Waals surface area (Å²) in [5, 5.41) is 4.92. The van der Waals surface area contributed by atoms with Gasteiger partial charge in [-0.05, 0) is 72.7 Å². The Hall–Kier alpha value is -3.37. The van der Waals surface area contributed by atoms with Gasteiger partial charge in [-0.25, -0.2) is 0 Å². The SMILES string of the molecule is COC(=O)[C@]12C[C@H](CC(=O)NCc3cccs3)C(=O)N(CCc3ccc(OC)c(OC)c3)C1=C[C@H](C(C)C)O[C@@H]2C1CC1. The molecule has 1 saturated heterocycles. The number of hydrogen-bond acceptors (Lipinski definition) is 8. The van der Waals surface area contributed by atoms with E-state index in [1.165, 1.54) is 7.11 Å². The van der Waals surface area contributed by atoms with Gasteiger partial charge in [0.15, 0.2) is 11.5 Å². The van der Waals surface area contributed by atoms with Crippen molar-refractivity contribution in [3.05, 3.63) is 57.9 Å². The summed E-state index contributed by atoms with van der Waals surface area (Å²) in [5.74, 6) is 0.0725. The number of nitrogens with zero attached hydrogens (tertiary/aromatic N) is 1. The van der Waals surface area contributed by atoms with E-state index in [1.807, 2.05) is 41.8 Å². The Bertz CT molecular complexity index is 1350. The molecular formula is C33H42N2O7S. The molecule has 2 aliphatic heterocycles. The Kier molecular flexibility index (Phi) is 9.46. The first-order chi connectivity index (χ1) is 20.7. The van der Waals surface area contributed by atoms with Crippen LogP contribution in [0.3, 0.4) is 0 Å². The van der Waals surface area contributed by atoms with Crippen LogP contribution in [0.5, 0.6) is 11.5 Å². The first-order valence-electron chi connectivity index (χ1n) is 15.0. The van der Waals surface area contributed by atoms with E-state index < -0.39 is 23.4 Å². The minimum absolute atomic E-state index is 0.0198. The second-order valence-electron chi connectivity index (χ2n) is 12.0. The number of esters is 1. The number of piperidine rings is 1. The van der Waals surface area contributed by atoms with Crippen LogP contribution in [-0.2, 0) is 36.8 Å². The number of carbonyl (C=O) groups excluding carboxylic acids is 3. The van der Waals surface area contributed by atoms with Crippen molar-refractivity contribution in [2.24, 2.45) is 23.2 Å². The van der Waals surface area contributed by atoms with E-state index in [0.29, 0.717) is 36.7 Å². The molecule has 2 fully saturated rings. The predicted octanol–water partition coefficient (Wildman–Crippen LogP) is 4.74. The Morgan fingerprint density at radius 3 is 2.53 bits per heavy atom. The van der Waals surface area contributed by atoms with E-state index in [-0.39, 0.29) is 42.6 Å². The van der Waals surface area contributed by atoms with E-state index >= 15 is 0 Å². The third-order valence-corrected chi connectivity index (χ3v) is 9.72. The molecule has 3 heterocycles. The molecule has 1 aliphatic carbocycles. The lowest BCUT2D eigenvalue weighted by atomic mass is 9.64. The fourth-order valence-electron chi connectivity index (χ4n) is 6.45. The second kappa shape index (κ2) is 13.1. The van der Waals surface area contributed by atoms with Crippen molar-refractivity contribution in [2.45, 2.75) is 64.7 Å². The Labute approximate surface area is 257 Å². The van der Waals surface area contributed by atoms with E-state index in [2.05, 4.69) is 19.2 Å². The maximum Gasteiger partial charge on any atom is 0.320 e. The van der Waals surface area contributed by atoms with Crippen LogP contribution in [0, 0.1) is 23.2 Å². The van der Waals surface area contributed by atoms with Gasteiger partial charge >= 0.3 is 5.97 Å². The lowest BCUT2D eigenvalue weighted by molar-refractivity contribution is -0.182. The number of thiophene rings is 1. The molecule has 1 aromatic carbocycles. The topological polar surface area (TPSA) is 103 Å². The van der Waals surface area contributed by atoms with Crippen molar-refractivity contribution in [1.82, 2.24) is 10.2 Å². The number of nitrogens with one attached hydrogen (secondary N) is 1. The smallest absolute Gasteiger partial charge is 0.320 e. The predicted molar refractivity (Wildman–Crippen MR) is 163 cm³/mol. The van der Waals surface area contributed by atoms with Gasteiger partial charge in [-0.15, -0.1) is 11.3 Å². The zero-order valence-corrected chi connectivity index (χ0v) is 26.4. The molecule has 0 spiro atoms. The van der Waals surface area contributed by atoms with Crippen molar-refractivity contribution in [3.63, 3.8) is 0 Å². The minimum Gasteiger partial charge on any atom is -0.493 e. The molecule has 232 valence electrons. The van der Waals surface area contributed by atoms with Crippen LogP contribution in [0.2, 0.25) is 0 Å². The molecule has 5 rings (SSSR count). The number of ether oxygens (including phenoxy) is 4. The van der Waals surface area contributed by atoms with E-state index in [4.69, 9.17) is 18.9 Å². The van der Waals surface area contributed by atoms with Gasteiger partial charge in [-0.2, -0.15) is 0 Å². The Balaban J connectivity index is 1.50. The molecular weight excluding hydrogens is 568 g/mol. The van der Waals surface area contributed by atoms with Crippen molar-refractivity contribution in [2.75, 3.05) is 27.9 Å². The molecule has 2 amide bonds. The van der Waals surface area contributed by atoms with Gasteiger partial charge in [-0.1, -0.05) is 26.0 Å². The van der Waals surface area contributed by atoms with Crippen molar-refractivity contribution in [1.29, 1.82) is 0 Å². The first-order valence-corrected chi connectivity index (χ1v) is 15.9. The quantitative estimate of drug-likeness (QED) is 0.347. The highest BCUT2D eigenvalue weighted by molar-refractivity contribution is 7.09. The van der Waals surface area contributed by atoms with E-state index in [1.54, 1.807) is 30.5 Å². The molecule has 0 unspecified atom stereocenters. The number of fused-ring (bicyclic) bond motifs is 1. The molecule has 43 heavy (non-hydrogen) atoms. The molecule has 0 radical (unpaired) electrons. The fourth-order valence-corrected chi connectivity index (χ4v) is 7.10. The Morgan fingerprint density at radius 1 is 1.14 bits per heavy atom.